The van der Waals surface area contributed by atoms with Crippen LogP contribution in [0.3, 0.4) is 0 Å². The smallest absolute Gasteiger partial charge is 0.252 e. The van der Waals surface area contributed by atoms with Crippen molar-refractivity contribution in [3.63, 3.8) is 0 Å². The summed E-state index contributed by atoms with van der Waals surface area (Å²) < 4.78 is 26.9. The zero-order valence-corrected chi connectivity index (χ0v) is 17.2. The number of unbranched alkanes of at least 4 members (excludes halogenated alkanes) is 1. The molecule has 1 aliphatic heterocycles. The number of hydrogen-bond donors (Lipinski definition) is 1. The van der Waals surface area contributed by atoms with E-state index >= 15 is 0 Å². The van der Waals surface area contributed by atoms with Gasteiger partial charge >= 0.3 is 0 Å². The Kier molecular flexibility index (Phi) is 7.92. The van der Waals surface area contributed by atoms with E-state index in [1.54, 1.807) is 0 Å². The van der Waals surface area contributed by atoms with Gasteiger partial charge < -0.3 is 5.32 Å². The van der Waals surface area contributed by atoms with Crippen molar-refractivity contribution >= 4 is 27.5 Å². The summed E-state index contributed by atoms with van der Waals surface area (Å²) in [5.74, 6) is 0.109. The highest BCUT2D eigenvalue weighted by molar-refractivity contribution is 7.89. The molecule has 26 heavy (non-hydrogen) atoms. The molecule has 1 atom stereocenters. The number of rotatable bonds is 9. The molecule has 0 saturated carbocycles. The first-order valence-electron chi connectivity index (χ1n) is 9.48. The van der Waals surface area contributed by atoms with Crippen molar-refractivity contribution in [1.29, 1.82) is 0 Å². The van der Waals surface area contributed by atoms with E-state index in [4.69, 9.17) is 11.6 Å². The Morgan fingerprint density at radius 2 is 1.96 bits per heavy atom. The third-order valence-electron chi connectivity index (χ3n) is 4.98. The second-order valence-corrected chi connectivity index (χ2v) is 9.22. The van der Waals surface area contributed by atoms with Crippen molar-refractivity contribution in [2.45, 2.75) is 57.3 Å². The minimum absolute atomic E-state index is 0.131. The van der Waals surface area contributed by atoms with Crippen molar-refractivity contribution in [1.82, 2.24) is 9.62 Å². The summed E-state index contributed by atoms with van der Waals surface area (Å²) in [5, 5.41) is 3.18. The molecule has 1 N–H and O–H groups in total. The summed E-state index contributed by atoms with van der Waals surface area (Å²) in [7, 11) is -3.56. The van der Waals surface area contributed by atoms with Crippen LogP contribution in [-0.4, -0.2) is 38.3 Å². The molecule has 1 saturated heterocycles. The van der Waals surface area contributed by atoms with Gasteiger partial charge in [0.25, 0.3) is 5.91 Å². The summed E-state index contributed by atoms with van der Waals surface area (Å²) in [6.07, 6.45) is 6.08. The van der Waals surface area contributed by atoms with E-state index in [1.807, 2.05) is 0 Å². The van der Waals surface area contributed by atoms with Gasteiger partial charge in [-0.2, -0.15) is 4.31 Å². The van der Waals surface area contributed by atoms with E-state index in [0.717, 1.165) is 38.5 Å². The largest absolute Gasteiger partial charge is 0.352 e. The zero-order chi connectivity index (χ0) is 19.2. The Labute approximate surface area is 162 Å². The maximum Gasteiger partial charge on any atom is 0.252 e. The van der Waals surface area contributed by atoms with Crippen LogP contribution in [0.2, 0.25) is 5.02 Å². The molecule has 1 amide bonds. The summed E-state index contributed by atoms with van der Waals surface area (Å²) >= 11 is 6.16. The molecule has 0 bridgehead atoms. The molecule has 0 unspecified atom stereocenters. The van der Waals surface area contributed by atoms with Gasteiger partial charge in [0.1, 0.15) is 0 Å². The van der Waals surface area contributed by atoms with Gasteiger partial charge in [-0.3, -0.25) is 4.79 Å². The van der Waals surface area contributed by atoms with Crippen LogP contribution in [0.15, 0.2) is 23.1 Å². The molecule has 1 fully saturated rings. The van der Waals surface area contributed by atoms with Crippen molar-refractivity contribution in [3.8, 4) is 0 Å². The van der Waals surface area contributed by atoms with E-state index in [1.165, 1.54) is 22.5 Å². The molecule has 1 aliphatic rings. The van der Waals surface area contributed by atoms with Gasteiger partial charge in [0.2, 0.25) is 10.0 Å². The maximum absolute atomic E-state index is 12.7. The summed E-state index contributed by atoms with van der Waals surface area (Å²) in [6.45, 7) is 5.90. The van der Waals surface area contributed by atoms with Crippen molar-refractivity contribution < 1.29 is 13.2 Å². The highest BCUT2D eigenvalue weighted by Gasteiger charge is 2.28. The Hall–Kier alpha value is -1.11. The van der Waals surface area contributed by atoms with Gasteiger partial charge in [-0.25, -0.2) is 8.42 Å². The highest BCUT2D eigenvalue weighted by atomic mass is 35.5. The SMILES string of the molecule is CCCC[C@H](CC)CNC(=O)c1cc(S(=O)(=O)N2CCCC2)ccc1Cl. The second kappa shape index (κ2) is 9.72. The second-order valence-electron chi connectivity index (χ2n) is 6.88. The minimum Gasteiger partial charge on any atom is -0.352 e. The van der Waals surface area contributed by atoms with Gasteiger partial charge in [-0.15, -0.1) is 0 Å². The van der Waals surface area contributed by atoms with E-state index < -0.39 is 10.0 Å². The topological polar surface area (TPSA) is 66.5 Å². The zero-order valence-electron chi connectivity index (χ0n) is 15.6. The number of hydrogen-bond acceptors (Lipinski definition) is 3. The van der Waals surface area contributed by atoms with Crippen LogP contribution in [0, 0.1) is 5.92 Å². The number of amides is 1. The number of sulfonamides is 1. The van der Waals surface area contributed by atoms with Crippen LogP contribution < -0.4 is 5.32 Å². The molecular formula is C19H29ClN2O3S. The van der Waals surface area contributed by atoms with Gasteiger partial charge in [-0.05, 0) is 43.4 Å². The summed E-state index contributed by atoms with van der Waals surface area (Å²) in [4.78, 5) is 12.7. The molecule has 146 valence electrons. The number of nitrogens with one attached hydrogen (secondary N) is 1. The summed E-state index contributed by atoms with van der Waals surface area (Å²) in [6, 6.07) is 4.37. The number of benzene rings is 1. The van der Waals surface area contributed by atoms with Gasteiger partial charge in [0, 0.05) is 19.6 Å². The fourth-order valence-electron chi connectivity index (χ4n) is 3.19. The Balaban J connectivity index is 2.12. The first-order valence-corrected chi connectivity index (χ1v) is 11.3. The van der Waals surface area contributed by atoms with Crippen LogP contribution in [0.4, 0.5) is 0 Å². The van der Waals surface area contributed by atoms with Crippen LogP contribution in [-0.2, 0) is 10.0 Å². The quantitative estimate of drug-likeness (QED) is 0.679. The fourth-order valence-corrected chi connectivity index (χ4v) is 4.94. The lowest BCUT2D eigenvalue weighted by atomic mass is 9.99. The predicted molar refractivity (Wildman–Crippen MR) is 105 cm³/mol. The van der Waals surface area contributed by atoms with Crippen LogP contribution in [0.1, 0.15) is 62.7 Å². The molecule has 0 aliphatic carbocycles. The van der Waals surface area contributed by atoms with Crippen molar-refractivity contribution in [2.75, 3.05) is 19.6 Å². The number of nitrogens with zero attached hydrogens (tertiary/aromatic N) is 1. The highest BCUT2D eigenvalue weighted by Crippen LogP contribution is 2.25. The Bertz CT molecular complexity index is 715. The third kappa shape index (κ3) is 5.21. The maximum atomic E-state index is 12.7. The van der Waals surface area contributed by atoms with Crippen molar-refractivity contribution in [3.05, 3.63) is 28.8 Å². The summed E-state index contributed by atoms with van der Waals surface area (Å²) in [5.41, 5.74) is 0.220. The molecule has 0 aromatic heterocycles. The van der Waals surface area contributed by atoms with E-state index in [2.05, 4.69) is 19.2 Å². The van der Waals surface area contributed by atoms with Crippen molar-refractivity contribution in [2.24, 2.45) is 5.92 Å². The average molecular weight is 401 g/mol. The minimum atomic E-state index is -3.56. The third-order valence-corrected chi connectivity index (χ3v) is 7.20. The molecule has 1 heterocycles. The van der Waals surface area contributed by atoms with E-state index in [9.17, 15) is 13.2 Å². The monoisotopic (exact) mass is 400 g/mol. The van der Waals surface area contributed by atoms with E-state index in [-0.39, 0.29) is 21.4 Å². The lowest BCUT2D eigenvalue weighted by Gasteiger charge is -2.18. The molecule has 1 aromatic rings. The average Bonchev–Trinajstić information content (AvgIpc) is 3.17. The Morgan fingerprint density at radius 3 is 2.58 bits per heavy atom. The first kappa shape index (κ1) is 21.2. The van der Waals surface area contributed by atoms with Gasteiger partial charge in [-0.1, -0.05) is 44.7 Å². The number of carbonyl (C=O) groups is 1. The predicted octanol–water partition coefficient (Wildman–Crippen LogP) is 4.07. The molecule has 1 aromatic carbocycles. The molecule has 2 rings (SSSR count). The van der Waals surface area contributed by atoms with Crippen LogP contribution in [0.5, 0.6) is 0 Å². The molecular weight excluding hydrogens is 372 g/mol. The molecule has 7 heteroatoms. The fraction of sp³-hybridized carbons (Fsp3) is 0.632. The Morgan fingerprint density at radius 1 is 1.27 bits per heavy atom. The van der Waals surface area contributed by atoms with Gasteiger partial charge in [0.05, 0.1) is 15.5 Å². The van der Waals surface area contributed by atoms with E-state index in [0.29, 0.717) is 25.6 Å². The van der Waals surface area contributed by atoms with Crippen LogP contribution in [0.25, 0.3) is 0 Å². The number of halogens is 1. The molecule has 0 radical (unpaired) electrons. The number of carbonyl (C=O) groups excluding carboxylic acids is 1. The normalized spacial score (nSPS) is 16.6. The first-order chi connectivity index (χ1) is 12.4. The van der Waals surface area contributed by atoms with Crippen LogP contribution >= 0.6 is 11.6 Å². The van der Waals surface area contributed by atoms with Gasteiger partial charge in [0.15, 0.2) is 0 Å². The molecule has 0 spiro atoms. The lowest BCUT2D eigenvalue weighted by molar-refractivity contribution is 0.0945. The standard InChI is InChI=1S/C19H29ClN2O3S/c1-3-5-8-15(4-2)14-21-19(23)17-13-16(9-10-18(17)20)26(24,25)22-11-6-7-12-22/h9-10,13,15H,3-8,11-12,14H2,1-2H3,(H,21,23)/t15-/m0/s1. The molecule has 5 nitrogen and oxygen atoms in total. The lowest BCUT2D eigenvalue weighted by Crippen LogP contribution is -2.30.